The lowest BCUT2D eigenvalue weighted by Crippen LogP contribution is -2.46. The molecule has 0 spiro atoms. The van der Waals surface area contributed by atoms with Crippen LogP contribution in [0.25, 0.3) is 5.82 Å². The van der Waals surface area contributed by atoms with Gasteiger partial charge in [0.25, 0.3) is 0 Å². The fourth-order valence-corrected chi connectivity index (χ4v) is 2.32. The minimum Gasteiger partial charge on any atom is -0.394 e. The van der Waals surface area contributed by atoms with Gasteiger partial charge in [0.2, 0.25) is 0 Å². The molecule has 10 nitrogen and oxygen atoms in total. The number of imidazole rings is 1. The van der Waals surface area contributed by atoms with Crippen LogP contribution in [0.1, 0.15) is 6.23 Å². The standard InChI is InChI=1S/C10H15N5O5/c11-8-5-9(13-3-15(8)19)14(2-12-5)10-7(18)6(17)4(1-16)20-10/h2,4,6-7,10,16-19H,1,3,11H2/t4-,6-,7-,10-/m1/s1. The van der Waals surface area contributed by atoms with Crippen LogP contribution in [0, 0.1) is 0 Å². The minimum atomic E-state index is -1.23. The summed E-state index contributed by atoms with van der Waals surface area (Å²) in [7, 11) is 0. The van der Waals surface area contributed by atoms with Crippen molar-refractivity contribution in [1.29, 1.82) is 0 Å². The average Bonchev–Trinajstić information content (AvgIpc) is 2.98. The van der Waals surface area contributed by atoms with E-state index in [0.717, 1.165) is 5.06 Å². The lowest BCUT2D eigenvalue weighted by Gasteiger charge is -2.19. The number of hydrogen-bond donors (Lipinski definition) is 5. The molecule has 0 aliphatic carbocycles. The number of ether oxygens (including phenoxy) is 1. The van der Waals surface area contributed by atoms with Crippen LogP contribution in [-0.2, 0) is 4.74 Å². The van der Waals surface area contributed by atoms with Gasteiger partial charge in [-0.1, -0.05) is 0 Å². The van der Waals surface area contributed by atoms with E-state index in [4.69, 9.17) is 15.6 Å². The quantitative estimate of drug-likeness (QED) is 0.367. The van der Waals surface area contributed by atoms with Gasteiger partial charge in [0.15, 0.2) is 17.5 Å². The molecule has 1 saturated heterocycles. The Morgan fingerprint density at radius 3 is 2.80 bits per heavy atom. The molecule has 0 saturated carbocycles. The van der Waals surface area contributed by atoms with E-state index in [1.165, 1.54) is 10.9 Å². The summed E-state index contributed by atoms with van der Waals surface area (Å²) in [5.41, 5.74) is 6.02. The smallest absolute Gasteiger partial charge is 0.165 e. The molecule has 3 rings (SSSR count). The Bertz CT molecular complexity index is 630. The normalized spacial score (nSPS) is 33.2. The van der Waals surface area contributed by atoms with Crippen molar-refractivity contribution >= 4 is 5.82 Å². The van der Waals surface area contributed by atoms with Crippen molar-refractivity contribution in [1.82, 2.24) is 14.6 Å². The zero-order chi connectivity index (χ0) is 14.4. The van der Waals surface area contributed by atoms with E-state index in [0.29, 0.717) is 5.49 Å². The lowest BCUT2D eigenvalue weighted by molar-refractivity contribution is -0.0561. The monoisotopic (exact) mass is 285 g/mol. The van der Waals surface area contributed by atoms with Crippen molar-refractivity contribution in [3.63, 3.8) is 0 Å². The Balaban J connectivity index is 2.05. The molecular formula is C10H15N5O5. The van der Waals surface area contributed by atoms with E-state index in [1.807, 2.05) is 0 Å². The van der Waals surface area contributed by atoms with Gasteiger partial charge < -0.3 is 25.8 Å². The maximum atomic E-state index is 9.98. The van der Waals surface area contributed by atoms with Crippen LogP contribution in [0.2, 0.25) is 0 Å². The van der Waals surface area contributed by atoms with Crippen LogP contribution >= 0.6 is 0 Å². The van der Waals surface area contributed by atoms with E-state index in [-0.39, 0.29) is 17.8 Å². The van der Waals surface area contributed by atoms with Crippen LogP contribution < -0.4 is 16.6 Å². The second-order valence-electron chi connectivity index (χ2n) is 4.64. The van der Waals surface area contributed by atoms with Gasteiger partial charge >= 0.3 is 0 Å². The predicted molar refractivity (Wildman–Crippen MR) is 62.1 cm³/mol. The van der Waals surface area contributed by atoms with Crippen molar-refractivity contribution in [3.8, 4) is 0 Å². The van der Waals surface area contributed by atoms with Crippen molar-refractivity contribution < 1.29 is 25.3 Å². The Labute approximate surface area is 112 Å². The Kier molecular flexibility index (Phi) is 3.11. The molecule has 0 unspecified atom stereocenters. The summed E-state index contributed by atoms with van der Waals surface area (Å²) in [6.45, 7) is -0.485. The molecule has 0 radical (unpaired) electrons. The fraction of sp³-hybridized carbons (Fsp3) is 0.600. The fourth-order valence-electron chi connectivity index (χ4n) is 2.32. The van der Waals surface area contributed by atoms with Gasteiger partial charge in [-0.15, -0.1) is 0 Å². The molecule has 0 aromatic carbocycles. The number of hydrogen-bond acceptors (Lipinski definition) is 9. The first-order chi connectivity index (χ1) is 9.54. The van der Waals surface area contributed by atoms with Crippen molar-refractivity contribution in [3.05, 3.63) is 17.2 Å². The summed E-state index contributed by atoms with van der Waals surface area (Å²) < 4.78 is 6.81. The highest BCUT2D eigenvalue weighted by Crippen LogP contribution is 2.27. The molecule has 20 heavy (non-hydrogen) atoms. The van der Waals surface area contributed by atoms with Crippen molar-refractivity contribution in [2.45, 2.75) is 24.5 Å². The van der Waals surface area contributed by atoms with Crippen molar-refractivity contribution in [2.24, 2.45) is 10.7 Å². The largest absolute Gasteiger partial charge is 0.394 e. The lowest BCUT2D eigenvalue weighted by atomic mass is 10.1. The third kappa shape index (κ3) is 1.77. The SMILES string of the molecule is NC1=c2ncn([C@@H]3O[C@H](CO)[C@@H](O)[C@H]3O)c2=NCN1O. The molecule has 1 aromatic heterocycles. The zero-order valence-corrected chi connectivity index (χ0v) is 10.4. The van der Waals surface area contributed by atoms with Gasteiger partial charge in [0.1, 0.15) is 30.3 Å². The third-order valence-corrected chi connectivity index (χ3v) is 3.43. The first-order valence-corrected chi connectivity index (χ1v) is 6.00. The molecule has 10 heteroatoms. The topological polar surface area (TPSA) is 150 Å². The van der Waals surface area contributed by atoms with Gasteiger partial charge in [-0.25, -0.2) is 15.0 Å². The number of aliphatic hydroxyl groups excluding tert-OH is 3. The molecule has 3 heterocycles. The summed E-state index contributed by atoms with van der Waals surface area (Å²) in [6.07, 6.45) is -2.90. The van der Waals surface area contributed by atoms with Crippen LogP contribution in [0.3, 0.4) is 0 Å². The highest BCUT2D eigenvalue weighted by molar-refractivity contribution is 5.34. The maximum absolute atomic E-state index is 9.98. The van der Waals surface area contributed by atoms with E-state index in [2.05, 4.69) is 9.98 Å². The summed E-state index contributed by atoms with van der Waals surface area (Å²) in [5.74, 6) is 0.0421. The Hall–Kier alpha value is -1.72. The van der Waals surface area contributed by atoms with Crippen molar-refractivity contribution in [2.75, 3.05) is 13.3 Å². The van der Waals surface area contributed by atoms with Crippen LogP contribution in [0.15, 0.2) is 11.3 Å². The molecule has 110 valence electrons. The third-order valence-electron chi connectivity index (χ3n) is 3.43. The number of nitrogens with two attached hydrogens (primary N) is 1. The van der Waals surface area contributed by atoms with Crippen LogP contribution in [-0.4, -0.2) is 66.7 Å². The number of aromatic nitrogens is 2. The Morgan fingerprint density at radius 1 is 1.40 bits per heavy atom. The van der Waals surface area contributed by atoms with Gasteiger partial charge in [-0.3, -0.25) is 9.77 Å². The second kappa shape index (κ2) is 4.68. The predicted octanol–water partition coefficient (Wildman–Crippen LogP) is -4.20. The zero-order valence-electron chi connectivity index (χ0n) is 10.4. The summed E-state index contributed by atoms with van der Waals surface area (Å²) in [5, 5.41) is 39.3. The molecule has 2 aliphatic heterocycles. The van der Waals surface area contributed by atoms with E-state index in [9.17, 15) is 15.4 Å². The first kappa shape index (κ1) is 13.3. The molecule has 0 bridgehead atoms. The molecular weight excluding hydrogens is 270 g/mol. The number of fused-ring (bicyclic) bond motifs is 1. The molecule has 4 atom stereocenters. The van der Waals surface area contributed by atoms with E-state index in [1.54, 1.807) is 0 Å². The molecule has 2 aliphatic rings. The summed E-state index contributed by atoms with van der Waals surface area (Å²) in [4.78, 5) is 8.09. The number of rotatable bonds is 2. The highest BCUT2D eigenvalue weighted by atomic mass is 16.6. The minimum absolute atomic E-state index is 0.0421. The molecule has 1 aromatic rings. The second-order valence-corrected chi connectivity index (χ2v) is 4.64. The number of hydroxylamine groups is 2. The maximum Gasteiger partial charge on any atom is 0.165 e. The molecule has 0 amide bonds. The summed E-state index contributed by atoms with van der Waals surface area (Å²) >= 11 is 0. The van der Waals surface area contributed by atoms with Gasteiger partial charge in [-0.05, 0) is 0 Å². The molecule has 6 N–H and O–H groups in total. The van der Waals surface area contributed by atoms with E-state index < -0.39 is 31.1 Å². The highest BCUT2D eigenvalue weighted by Gasteiger charge is 2.43. The van der Waals surface area contributed by atoms with Gasteiger partial charge in [0, 0.05) is 0 Å². The first-order valence-electron chi connectivity index (χ1n) is 6.00. The van der Waals surface area contributed by atoms with Crippen LogP contribution in [0.4, 0.5) is 0 Å². The molecule has 1 fully saturated rings. The van der Waals surface area contributed by atoms with Gasteiger partial charge in [-0.2, -0.15) is 0 Å². The Morgan fingerprint density at radius 2 is 2.15 bits per heavy atom. The summed E-state index contributed by atoms with van der Waals surface area (Å²) in [6, 6.07) is 0. The van der Waals surface area contributed by atoms with Crippen LogP contribution in [0.5, 0.6) is 0 Å². The average molecular weight is 285 g/mol. The van der Waals surface area contributed by atoms with Gasteiger partial charge in [0.05, 0.1) is 12.9 Å². The number of aliphatic hydroxyl groups is 3. The number of nitrogens with zero attached hydrogens (tertiary/aromatic N) is 4. The van der Waals surface area contributed by atoms with E-state index >= 15 is 0 Å².